The van der Waals surface area contributed by atoms with Gasteiger partial charge in [0.25, 0.3) is 0 Å². The molecule has 1 aliphatic carbocycles. The quantitative estimate of drug-likeness (QED) is 0.733. The fourth-order valence-electron chi connectivity index (χ4n) is 2.12. The Kier molecular flexibility index (Phi) is 2.85. The van der Waals surface area contributed by atoms with Gasteiger partial charge in [0.1, 0.15) is 0 Å². The Morgan fingerprint density at radius 2 is 2.21 bits per heavy atom. The molecule has 14 heavy (non-hydrogen) atoms. The van der Waals surface area contributed by atoms with E-state index in [0.29, 0.717) is 6.04 Å². The Morgan fingerprint density at radius 1 is 1.36 bits per heavy atom. The lowest BCUT2D eigenvalue weighted by atomic mass is 9.87. The second kappa shape index (κ2) is 4.11. The Balaban J connectivity index is 2.22. The zero-order valence-electron chi connectivity index (χ0n) is 8.37. The van der Waals surface area contributed by atoms with Crippen molar-refractivity contribution in [3.05, 3.63) is 34.9 Å². The van der Waals surface area contributed by atoms with Crippen LogP contribution >= 0.6 is 0 Å². The Morgan fingerprint density at radius 3 is 3.00 bits per heavy atom. The summed E-state index contributed by atoms with van der Waals surface area (Å²) < 4.78 is 0. The van der Waals surface area contributed by atoms with Crippen molar-refractivity contribution < 1.29 is 5.11 Å². The largest absolute Gasteiger partial charge is 0.396 e. The van der Waals surface area contributed by atoms with E-state index >= 15 is 0 Å². The first-order valence-corrected chi connectivity index (χ1v) is 5.26. The molecule has 0 saturated carbocycles. The summed E-state index contributed by atoms with van der Waals surface area (Å²) in [5, 5.41) is 8.85. The number of aliphatic hydroxyl groups excluding tert-OH is 1. The lowest BCUT2D eigenvalue weighted by molar-refractivity contribution is 0.299. The van der Waals surface area contributed by atoms with E-state index < -0.39 is 0 Å². The lowest BCUT2D eigenvalue weighted by Gasteiger charge is -2.21. The van der Waals surface area contributed by atoms with Crippen LogP contribution in [-0.2, 0) is 19.3 Å². The molecule has 2 rings (SSSR count). The summed E-state index contributed by atoms with van der Waals surface area (Å²) in [6.07, 6.45) is 3.96. The molecule has 0 heterocycles. The standard InChI is InChI=1S/C12H17NO/c13-12-4-3-10-7-9(5-6-14)1-2-11(10)8-12/h1-2,7,12,14H,3-6,8,13H2. The van der Waals surface area contributed by atoms with E-state index in [0.717, 1.165) is 25.7 Å². The van der Waals surface area contributed by atoms with E-state index in [9.17, 15) is 0 Å². The van der Waals surface area contributed by atoms with Crippen molar-refractivity contribution in [1.82, 2.24) is 0 Å². The summed E-state index contributed by atoms with van der Waals surface area (Å²) >= 11 is 0. The van der Waals surface area contributed by atoms with Crippen molar-refractivity contribution in [2.75, 3.05) is 6.61 Å². The van der Waals surface area contributed by atoms with Crippen molar-refractivity contribution in [3.63, 3.8) is 0 Å². The number of hydrogen-bond donors (Lipinski definition) is 2. The Labute approximate surface area is 84.7 Å². The summed E-state index contributed by atoms with van der Waals surface area (Å²) in [4.78, 5) is 0. The molecule has 3 N–H and O–H groups in total. The molecule has 1 aromatic rings. The third kappa shape index (κ3) is 1.97. The zero-order valence-corrected chi connectivity index (χ0v) is 8.37. The van der Waals surface area contributed by atoms with Crippen molar-refractivity contribution in [2.45, 2.75) is 31.7 Å². The molecule has 76 valence electrons. The summed E-state index contributed by atoms with van der Waals surface area (Å²) in [5.41, 5.74) is 9.97. The molecule has 0 spiro atoms. The summed E-state index contributed by atoms with van der Waals surface area (Å²) in [6.45, 7) is 0.234. The molecule has 0 aliphatic heterocycles. The van der Waals surface area contributed by atoms with E-state index in [1.807, 2.05) is 0 Å². The maximum atomic E-state index is 8.85. The van der Waals surface area contributed by atoms with Gasteiger partial charge in [0.15, 0.2) is 0 Å². The third-order valence-electron chi connectivity index (χ3n) is 2.94. The summed E-state index contributed by atoms with van der Waals surface area (Å²) in [6, 6.07) is 6.83. The van der Waals surface area contributed by atoms with Crippen LogP contribution in [-0.4, -0.2) is 17.8 Å². The molecule has 2 nitrogen and oxygen atoms in total. The van der Waals surface area contributed by atoms with Crippen molar-refractivity contribution in [3.8, 4) is 0 Å². The molecule has 0 bridgehead atoms. The molecule has 0 fully saturated rings. The minimum absolute atomic E-state index is 0.234. The summed E-state index contributed by atoms with van der Waals surface area (Å²) in [5.74, 6) is 0. The predicted molar refractivity (Wildman–Crippen MR) is 57.2 cm³/mol. The van der Waals surface area contributed by atoms with E-state index in [1.165, 1.54) is 16.7 Å². The Bertz CT molecular complexity index is 322. The molecule has 1 unspecified atom stereocenters. The van der Waals surface area contributed by atoms with Gasteiger partial charge in [-0.25, -0.2) is 0 Å². The molecule has 0 radical (unpaired) electrons. The number of aryl methyl sites for hydroxylation is 1. The van der Waals surface area contributed by atoms with E-state index in [-0.39, 0.29) is 6.61 Å². The molecule has 1 atom stereocenters. The minimum atomic E-state index is 0.234. The average molecular weight is 191 g/mol. The molecule has 0 saturated heterocycles. The van der Waals surface area contributed by atoms with Crippen molar-refractivity contribution in [1.29, 1.82) is 0 Å². The van der Waals surface area contributed by atoms with Crippen LogP contribution < -0.4 is 5.73 Å². The first-order valence-electron chi connectivity index (χ1n) is 5.26. The first kappa shape index (κ1) is 9.69. The van der Waals surface area contributed by atoms with Gasteiger partial charge in [-0.1, -0.05) is 18.2 Å². The topological polar surface area (TPSA) is 46.2 Å². The fraction of sp³-hybridized carbons (Fsp3) is 0.500. The van der Waals surface area contributed by atoms with Crippen LogP contribution in [0.15, 0.2) is 18.2 Å². The average Bonchev–Trinajstić information content (AvgIpc) is 2.19. The highest BCUT2D eigenvalue weighted by molar-refractivity contribution is 5.34. The van der Waals surface area contributed by atoms with Gasteiger partial charge in [0, 0.05) is 12.6 Å². The monoisotopic (exact) mass is 191 g/mol. The number of benzene rings is 1. The predicted octanol–water partition coefficient (Wildman–Crippen LogP) is 1.04. The molecule has 0 aromatic heterocycles. The van der Waals surface area contributed by atoms with E-state index in [1.54, 1.807) is 0 Å². The van der Waals surface area contributed by atoms with Crippen LogP contribution in [0.5, 0.6) is 0 Å². The van der Waals surface area contributed by atoms with Gasteiger partial charge in [-0.3, -0.25) is 0 Å². The molecular weight excluding hydrogens is 174 g/mol. The lowest BCUT2D eigenvalue weighted by Crippen LogP contribution is -2.27. The van der Waals surface area contributed by atoms with Gasteiger partial charge in [0.05, 0.1) is 0 Å². The SMILES string of the molecule is NC1CCc2cc(CCO)ccc2C1. The second-order valence-electron chi connectivity index (χ2n) is 4.08. The van der Waals surface area contributed by atoms with Crippen molar-refractivity contribution in [2.24, 2.45) is 5.73 Å². The Hall–Kier alpha value is -0.860. The number of hydrogen-bond acceptors (Lipinski definition) is 2. The van der Waals surface area contributed by atoms with Gasteiger partial charge in [-0.15, -0.1) is 0 Å². The minimum Gasteiger partial charge on any atom is -0.396 e. The highest BCUT2D eigenvalue weighted by Gasteiger charge is 2.14. The molecule has 0 amide bonds. The number of fused-ring (bicyclic) bond motifs is 1. The second-order valence-corrected chi connectivity index (χ2v) is 4.08. The zero-order chi connectivity index (χ0) is 9.97. The fourth-order valence-corrected chi connectivity index (χ4v) is 2.12. The maximum absolute atomic E-state index is 8.85. The molecule has 2 heteroatoms. The van der Waals surface area contributed by atoms with Crippen LogP contribution in [0.4, 0.5) is 0 Å². The van der Waals surface area contributed by atoms with Gasteiger partial charge in [-0.2, -0.15) is 0 Å². The van der Waals surface area contributed by atoms with Crippen LogP contribution in [0.25, 0.3) is 0 Å². The van der Waals surface area contributed by atoms with E-state index in [4.69, 9.17) is 10.8 Å². The van der Waals surface area contributed by atoms with E-state index in [2.05, 4.69) is 18.2 Å². The number of nitrogens with two attached hydrogens (primary N) is 1. The van der Waals surface area contributed by atoms with Gasteiger partial charge < -0.3 is 10.8 Å². The van der Waals surface area contributed by atoms with Crippen LogP contribution in [0.3, 0.4) is 0 Å². The molecule has 1 aliphatic rings. The molecular formula is C12H17NO. The first-order chi connectivity index (χ1) is 6.79. The van der Waals surface area contributed by atoms with Crippen LogP contribution in [0.2, 0.25) is 0 Å². The highest BCUT2D eigenvalue weighted by Crippen LogP contribution is 2.21. The van der Waals surface area contributed by atoms with Crippen molar-refractivity contribution >= 4 is 0 Å². The normalized spacial score (nSPS) is 20.6. The highest BCUT2D eigenvalue weighted by atomic mass is 16.2. The summed E-state index contributed by atoms with van der Waals surface area (Å²) in [7, 11) is 0. The third-order valence-corrected chi connectivity index (χ3v) is 2.94. The van der Waals surface area contributed by atoms with Gasteiger partial charge >= 0.3 is 0 Å². The smallest absolute Gasteiger partial charge is 0.0471 e. The van der Waals surface area contributed by atoms with Gasteiger partial charge in [-0.05, 0) is 42.4 Å². The number of aliphatic hydroxyl groups is 1. The molecule has 1 aromatic carbocycles. The number of rotatable bonds is 2. The van der Waals surface area contributed by atoms with Crippen LogP contribution in [0.1, 0.15) is 23.1 Å². The maximum Gasteiger partial charge on any atom is 0.0471 e. The van der Waals surface area contributed by atoms with Crippen LogP contribution in [0, 0.1) is 0 Å². The van der Waals surface area contributed by atoms with Gasteiger partial charge in [0.2, 0.25) is 0 Å².